The Balaban J connectivity index is 1.91. The first-order valence-corrected chi connectivity index (χ1v) is 6.07. The van der Waals surface area contributed by atoms with Gasteiger partial charge in [-0.1, -0.05) is 12.1 Å². The van der Waals surface area contributed by atoms with E-state index < -0.39 is 0 Å². The highest BCUT2D eigenvalue weighted by atomic mass is 16.3. The Labute approximate surface area is 96.1 Å². The van der Waals surface area contributed by atoms with Crippen molar-refractivity contribution in [3.8, 4) is 0 Å². The van der Waals surface area contributed by atoms with Crippen LogP contribution in [0.3, 0.4) is 0 Å². The van der Waals surface area contributed by atoms with Crippen molar-refractivity contribution in [2.45, 2.75) is 31.5 Å². The zero-order valence-electron chi connectivity index (χ0n) is 9.39. The summed E-state index contributed by atoms with van der Waals surface area (Å²) in [7, 11) is 0. The van der Waals surface area contributed by atoms with Gasteiger partial charge in [0.05, 0.1) is 6.61 Å². The third-order valence-corrected chi connectivity index (χ3v) is 3.77. The van der Waals surface area contributed by atoms with Gasteiger partial charge in [-0.05, 0) is 30.5 Å². The summed E-state index contributed by atoms with van der Waals surface area (Å²) < 4.78 is 0. The topological polar surface area (TPSA) is 35.5 Å². The minimum Gasteiger partial charge on any atom is -0.392 e. The molecule has 0 aromatic heterocycles. The van der Waals surface area contributed by atoms with Gasteiger partial charge in [0.2, 0.25) is 0 Å². The van der Waals surface area contributed by atoms with Crippen LogP contribution in [-0.2, 0) is 6.61 Å². The largest absolute Gasteiger partial charge is 0.392 e. The Morgan fingerprint density at radius 1 is 1.25 bits per heavy atom. The molecule has 1 aromatic carbocycles. The Bertz CT molecular complexity index is 364. The summed E-state index contributed by atoms with van der Waals surface area (Å²) in [5, 5.41) is 12.7. The molecule has 0 aliphatic carbocycles. The molecule has 0 spiro atoms. The first-order valence-electron chi connectivity index (χ1n) is 6.07. The number of benzene rings is 1. The van der Waals surface area contributed by atoms with E-state index in [9.17, 15) is 5.11 Å². The zero-order valence-corrected chi connectivity index (χ0v) is 9.39. The van der Waals surface area contributed by atoms with Gasteiger partial charge < -0.3 is 15.3 Å². The summed E-state index contributed by atoms with van der Waals surface area (Å²) in [4.78, 5) is 2.54. The van der Waals surface area contributed by atoms with E-state index in [4.69, 9.17) is 0 Å². The van der Waals surface area contributed by atoms with Gasteiger partial charge in [-0.3, -0.25) is 0 Å². The van der Waals surface area contributed by atoms with Gasteiger partial charge in [-0.15, -0.1) is 0 Å². The molecule has 3 nitrogen and oxygen atoms in total. The van der Waals surface area contributed by atoms with Crippen LogP contribution < -0.4 is 10.2 Å². The van der Waals surface area contributed by atoms with Gasteiger partial charge in [0.1, 0.15) is 0 Å². The molecular formula is C13H18N2O. The van der Waals surface area contributed by atoms with Crippen LogP contribution in [0.5, 0.6) is 0 Å². The van der Waals surface area contributed by atoms with E-state index in [-0.39, 0.29) is 6.61 Å². The number of hydrogen-bond donors (Lipinski definition) is 2. The van der Waals surface area contributed by atoms with Gasteiger partial charge in [-0.2, -0.15) is 0 Å². The predicted octanol–water partition coefficient (Wildman–Crippen LogP) is 1.12. The number of nitrogens with zero attached hydrogens (tertiary/aromatic N) is 1. The second-order valence-electron chi connectivity index (χ2n) is 4.78. The average molecular weight is 218 g/mol. The Kier molecular flexibility index (Phi) is 2.58. The maximum atomic E-state index is 9.18. The molecule has 2 heterocycles. The fourth-order valence-corrected chi connectivity index (χ4v) is 3.02. The molecule has 0 radical (unpaired) electrons. The number of nitrogens with one attached hydrogen (secondary N) is 1. The fourth-order valence-electron chi connectivity index (χ4n) is 3.02. The van der Waals surface area contributed by atoms with Crippen molar-refractivity contribution in [3.05, 3.63) is 29.8 Å². The Hall–Kier alpha value is -1.06. The molecule has 3 rings (SSSR count). The van der Waals surface area contributed by atoms with Crippen LogP contribution in [0.4, 0.5) is 5.69 Å². The monoisotopic (exact) mass is 218 g/mol. The molecule has 2 bridgehead atoms. The Morgan fingerprint density at radius 2 is 2.00 bits per heavy atom. The fraction of sp³-hybridized carbons (Fsp3) is 0.538. The van der Waals surface area contributed by atoms with Crippen LogP contribution in [0.1, 0.15) is 18.4 Å². The number of aliphatic hydroxyl groups is 1. The van der Waals surface area contributed by atoms with Crippen LogP contribution in [0, 0.1) is 0 Å². The zero-order chi connectivity index (χ0) is 11.0. The van der Waals surface area contributed by atoms with E-state index in [1.54, 1.807) is 0 Å². The van der Waals surface area contributed by atoms with Crippen LogP contribution in [0.2, 0.25) is 0 Å². The molecular weight excluding hydrogens is 200 g/mol. The number of piperazine rings is 1. The maximum Gasteiger partial charge on any atom is 0.0682 e. The van der Waals surface area contributed by atoms with Crippen molar-refractivity contribution in [2.75, 3.05) is 18.0 Å². The quantitative estimate of drug-likeness (QED) is 0.781. The lowest BCUT2D eigenvalue weighted by atomic mass is 10.1. The number of anilines is 1. The van der Waals surface area contributed by atoms with Crippen molar-refractivity contribution in [2.24, 2.45) is 0 Å². The van der Waals surface area contributed by atoms with Crippen molar-refractivity contribution in [1.29, 1.82) is 0 Å². The van der Waals surface area contributed by atoms with E-state index in [1.165, 1.54) is 18.5 Å². The van der Waals surface area contributed by atoms with Gasteiger partial charge in [0.15, 0.2) is 0 Å². The number of fused-ring (bicyclic) bond motifs is 2. The second kappa shape index (κ2) is 4.07. The highest BCUT2D eigenvalue weighted by Gasteiger charge is 2.36. The number of hydrogen-bond acceptors (Lipinski definition) is 3. The lowest BCUT2D eigenvalue weighted by molar-refractivity contribution is 0.282. The minimum absolute atomic E-state index is 0.134. The highest BCUT2D eigenvalue weighted by Crippen LogP contribution is 2.32. The lowest BCUT2D eigenvalue weighted by Gasteiger charge is -2.37. The van der Waals surface area contributed by atoms with E-state index >= 15 is 0 Å². The maximum absolute atomic E-state index is 9.18. The van der Waals surface area contributed by atoms with Crippen molar-refractivity contribution in [3.63, 3.8) is 0 Å². The van der Waals surface area contributed by atoms with E-state index in [0.29, 0.717) is 12.1 Å². The first-order chi connectivity index (χ1) is 7.88. The van der Waals surface area contributed by atoms with E-state index in [1.807, 2.05) is 12.1 Å². The minimum atomic E-state index is 0.134. The van der Waals surface area contributed by atoms with Crippen LogP contribution in [0.15, 0.2) is 24.3 Å². The summed E-state index contributed by atoms with van der Waals surface area (Å²) in [5.74, 6) is 0. The normalized spacial score (nSPS) is 28.4. The van der Waals surface area contributed by atoms with E-state index in [0.717, 1.165) is 18.7 Å². The summed E-state index contributed by atoms with van der Waals surface area (Å²) in [6.07, 6.45) is 2.59. The molecule has 0 saturated carbocycles. The molecule has 2 saturated heterocycles. The average Bonchev–Trinajstić information content (AvgIpc) is 2.59. The third-order valence-electron chi connectivity index (χ3n) is 3.77. The number of rotatable bonds is 2. The molecule has 86 valence electrons. The molecule has 2 aliphatic rings. The first kappa shape index (κ1) is 10.1. The molecule has 1 aromatic rings. The standard InChI is InChI=1S/C13H18N2O/c16-9-10-2-1-3-11(6-10)15-12-4-5-13(15)8-14-7-12/h1-3,6,12-14,16H,4-5,7-9H2. The second-order valence-corrected chi connectivity index (χ2v) is 4.78. The molecule has 2 aliphatic heterocycles. The summed E-state index contributed by atoms with van der Waals surface area (Å²) in [6.45, 7) is 2.33. The SMILES string of the molecule is OCc1cccc(N2C3CCC2CNC3)c1. The summed E-state index contributed by atoms with van der Waals surface area (Å²) in [5.41, 5.74) is 2.29. The van der Waals surface area contributed by atoms with Gasteiger partial charge >= 0.3 is 0 Å². The summed E-state index contributed by atoms with van der Waals surface area (Å²) >= 11 is 0. The molecule has 2 unspecified atom stereocenters. The molecule has 2 N–H and O–H groups in total. The lowest BCUT2D eigenvalue weighted by Crippen LogP contribution is -2.52. The van der Waals surface area contributed by atoms with Crippen LogP contribution >= 0.6 is 0 Å². The molecule has 2 fully saturated rings. The van der Waals surface area contributed by atoms with E-state index in [2.05, 4.69) is 22.3 Å². The van der Waals surface area contributed by atoms with Crippen molar-refractivity contribution < 1.29 is 5.11 Å². The molecule has 16 heavy (non-hydrogen) atoms. The molecule has 3 heteroatoms. The highest BCUT2D eigenvalue weighted by molar-refractivity contribution is 5.52. The van der Waals surface area contributed by atoms with Crippen molar-refractivity contribution >= 4 is 5.69 Å². The molecule has 0 amide bonds. The molecule has 2 atom stereocenters. The van der Waals surface area contributed by atoms with Gasteiger partial charge in [0.25, 0.3) is 0 Å². The van der Waals surface area contributed by atoms with Gasteiger partial charge in [-0.25, -0.2) is 0 Å². The third kappa shape index (κ3) is 1.60. The Morgan fingerprint density at radius 3 is 2.69 bits per heavy atom. The van der Waals surface area contributed by atoms with Crippen LogP contribution in [-0.4, -0.2) is 30.3 Å². The summed E-state index contributed by atoms with van der Waals surface area (Å²) in [6, 6.07) is 9.60. The number of aliphatic hydroxyl groups excluding tert-OH is 1. The predicted molar refractivity (Wildman–Crippen MR) is 64.5 cm³/mol. The van der Waals surface area contributed by atoms with Crippen LogP contribution in [0.25, 0.3) is 0 Å². The van der Waals surface area contributed by atoms with Gasteiger partial charge in [0, 0.05) is 30.9 Å². The van der Waals surface area contributed by atoms with Crippen molar-refractivity contribution in [1.82, 2.24) is 5.32 Å². The smallest absolute Gasteiger partial charge is 0.0682 e.